The Morgan fingerprint density at radius 3 is 2.52 bits per heavy atom. The van der Waals surface area contributed by atoms with Gasteiger partial charge in [-0.2, -0.15) is 4.99 Å². The number of rotatable bonds is 3. The molecule has 0 N–H and O–H groups in total. The molecular formula is C20H14ClNO2S. The van der Waals surface area contributed by atoms with E-state index in [1.807, 2.05) is 54.6 Å². The average molecular weight is 368 g/mol. The van der Waals surface area contributed by atoms with Crippen LogP contribution < -0.4 is 0 Å². The van der Waals surface area contributed by atoms with E-state index in [4.69, 9.17) is 16.3 Å². The monoisotopic (exact) mass is 367 g/mol. The first kappa shape index (κ1) is 16.2. The summed E-state index contributed by atoms with van der Waals surface area (Å²) in [5.74, 6) is 0.0705. The second kappa shape index (κ2) is 6.21. The molecule has 0 spiro atoms. The number of carbonyl (C=O) groups excluding carboxylic acids is 1. The number of aliphatic imine (C=N–C) groups is 1. The van der Waals surface area contributed by atoms with Crippen LogP contribution in [0.3, 0.4) is 0 Å². The maximum Gasteiger partial charge on any atom is 0.303 e. The predicted molar refractivity (Wildman–Crippen MR) is 102 cm³/mol. The van der Waals surface area contributed by atoms with Crippen LogP contribution in [0.5, 0.6) is 0 Å². The molecule has 0 aliphatic carbocycles. The summed E-state index contributed by atoms with van der Waals surface area (Å²) < 4.78 is 6.02. The van der Waals surface area contributed by atoms with Crippen molar-refractivity contribution in [1.29, 1.82) is 0 Å². The molecule has 0 radical (unpaired) electrons. The molecule has 124 valence electrons. The molecule has 4 rings (SSSR count). The molecule has 3 aromatic rings. The summed E-state index contributed by atoms with van der Waals surface area (Å²) in [5.41, 5.74) is 0.826. The summed E-state index contributed by atoms with van der Waals surface area (Å²) in [4.78, 5) is 16.5. The van der Waals surface area contributed by atoms with Gasteiger partial charge in [-0.3, -0.25) is 4.79 Å². The lowest BCUT2D eigenvalue weighted by molar-refractivity contribution is -0.123. The molecule has 3 nitrogen and oxygen atoms in total. The van der Waals surface area contributed by atoms with Gasteiger partial charge in [-0.25, -0.2) is 0 Å². The number of hydrogen-bond donors (Lipinski definition) is 0. The van der Waals surface area contributed by atoms with Crippen molar-refractivity contribution >= 4 is 45.9 Å². The topological polar surface area (TPSA) is 38.7 Å². The Morgan fingerprint density at radius 2 is 1.72 bits per heavy atom. The number of ether oxygens (including phenoxy) is 1. The Hall–Kier alpha value is -2.30. The highest BCUT2D eigenvalue weighted by Gasteiger charge is 2.43. The SMILES string of the molecule is C[C@@]1(Sc2ccc(Cl)cc2)OC(c2cccc3ccccc23)=NC1=O. The van der Waals surface area contributed by atoms with E-state index in [0.717, 1.165) is 21.2 Å². The maximum atomic E-state index is 12.5. The Kier molecular flexibility index (Phi) is 4.02. The fourth-order valence-electron chi connectivity index (χ4n) is 2.76. The molecule has 0 bridgehead atoms. The van der Waals surface area contributed by atoms with Crippen LogP contribution in [0.1, 0.15) is 12.5 Å². The lowest BCUT2D eigenvalue weighted by Crippen LogP contribution is -2.29. The van der Waals surface area contributed by atoms with Crippen LogP contribution in [0.4, 0.5) is 0 Å². The molecule has 1 atom stereocenters. The fourth-order valence-corrected chi connectivity index (χ4v) is 3.87. The van der Waals surface area contributed by atoms with Gasteiger partial charge in [0.15, 0.2) is 0 Å². The van der Waals surface area contributed by atoms with E-state index in [1.54, 1.807) is 19.1 Å². The molecule has 3 aromatic carbocycles. The van der Waals surface area contributed by atoms with Crippen LogP contribution in [0.15, 0.2) is 76.6 Å². The van der Waals surface area contributed by atoms with Crippen molar-refractivity contribution in [2.45, 2.75) is 16.8 Å². The minimum absolute atomic E-state index is 0.296. The van der Waals surface area contributed by atoms with E-state index >= 15 is 0 Å². The summed E-state index contributed by atoms with van der Waals surface area (Å²) in [6, 6.07) is 21.2. The van der Waals surface area contributed by atoms with Gasteiger partial charge in [-0.1, -0.05) is 59.8 Å². The van der Waals surface area contributed by atoms with E-state index in [2.05, 4.69) is 4.99 Å². The summed E-state index contributed by atoms with van der Waals surface area (Å²) in [7, 11) is 0. The summed E-state index contributed by atoms with van der Waals surface area (Å²) in [5, 5.41) is 2.75. The first-order valence-corrected chi connectivity index (χ1v) is 8.99. The zero-order valence-corrected chi connectivity index (χ0v) is 15.0. The molecule has 1 heterocycles. The van der Waals surface area contributed by atoms with Gasteiger partial charge in [0.1, 0.15) is 0 Å². The van der Waals surface area contributed by atoms with Gasteiger partial charge in [0.05, 0.1) is 0 Å². The Balaban J connectivity index is 1.66. The van der Waals surface area contributed by atoms with E-state index < -0.39 is 4.93 Å². The molecular weight excluding hydrogens is 354 g/mol. The maximum absolute atomic E-state index is 12.5. The summed E-state index contributed by atoms with van der Waals surface area (Å²) in [6.07, 6.45) is 0. The number of halogens is 1. The number of amides is 1. The van der Waals surface area contributed by atoms with Crippen LogP contribution in [0, 0.1) is 0 Å². The molecule has 1 aliphatic rings. The smallest absolute Gasteiger partial charge is 0.303 e. The molecule has 1 amide bonds. The average Bonchev–Trinajstić information content (AvgIpc) is 2.91. The minimum Gasteiger partial charge on any atom is -0.449 e. The van der Waals surface area contributed by atoms with Crippen molar-refractivity contribution < 1.29 is 9.53 Å². The van der Waals surface area contributed by atoms with Gasteiger partial charge in [-0.05, 0) is 48.0 Å². The number of carbonyl (C=O) groups is 1. The van der Waals surface area contributed by atoms with Crippen molar-refractivity contribution in [1.82, 2.24) is 0 Å². The van der Waals surface area contributed by atoms with Crippen LogP contribution in [-0.4, -0.2) is 16.7 Å². The third-order valence-corrected chi connectivity index (χ3v) is 5.44. The van der Waals surface area contributed by atoms with E-state index in [1.165, 1.54) is 11.8 Å². The standard InChI is InChI=1S/C20H14ClNO2S/c1-20(25-15-11-9-14(21)10-12-15)19(23)22-18(24-20)17-8-4-6-13-5-2-3-7-16(13)17/h2-12H,1H3/t20-/m0/s1. The highest BCUT2D eigenvalue weighted by Crippen LogP contribution is 2.40. The molecule has 1 aliphatic heterocycles. The van der Waals surface area contributed by atoms with E-state index in [0.29, 0.717) is 10.9 Å². The highest BCUT2D eigenvalue weighted by atomic mass is 35.5. The quantitative estimate of drug-likeness (QED) is 0.630. The van der Waals surface area contributed by atoms with Gasteiger partial charge >= 0.3 is 5.91 Å². The largest absolute Gasteiger partial charge is 0.449 e. The minimum atomic E-state index is -1.08. The van der Waals surface area contributed by atoms with Crippen LogP contribution in [0.2, 0.25) is 5.02 Å². The van der Waals surface area contributed by atoms with Crippen molar-refractivity contribution in [3.63, 3.8) is 0 Å². The number of thioether (sulfide) groups is 1. The Labute approximate surface area is 154 Å². The summed E-state index contributed by atoms with van der Waals surface area (Å²) in [6.45, 7) is 1.75. The lowest BCUT2D eigenvalue weighted by atomic mass is 10.0. The Bertz CT molecular complexity index is 995. The summed E-state index contributed by atoms with van der Waals surface area (Å²) >= 11 is 7.25. The lowest BCUT2D eigenvalue weighted by Gasteiger charge is -2.21. The van der Waals surface area contributed by atoms with Crippen molar-refractivity contribution in [2.24, 2.45) is 4.99 Å². The van der Waals surface area contributed by atoms with Crippen molar-refractivity contribution in [2.75, 3.05) is 0 Å². The molecule has 0 aromatic heterocycles. The van der Waals surface area contributed by atoms with Gasteiger partial charge in [0.2, 0.25) is 10.8 Å². The normalized spacial score (nSPS) is 19.8. The Morgan fingerprint density at radius 1 is 1.00 bits per heavy atom. The fraction of sp³-hybridized carbons (Fsp3) is 0.100. The second-order valence-corrected chi connectivity index (χ2v) is 7.74. The van der Waals surface area contributed by atoms with Crippen LogP contribution in [0.25, 0.3) is 10.8 Å². The van der Waals surface area contributed by atoms with Gasteiger partial charge < -0.3 is 4.74 Å². The molecule has 0 saturated heterocycles. The zero-order valence-electron chi connectivity index (χ0n) is 13.4. The number of benzene rings is 3. The third kappa shape index (κ3) is 3.03. The van der Waals surface area contributed by atoms with Crippen LogP contribution >= 0.6 is 23.4 Å². The molecule has 0 fully saturated rings. The number of fused-ring (bicyclic) bond motifs is 1. The van der Waals surface area contributed by atoms with Gasteiger partial charge in [-0.15, -0.1) is 0 Å². The second-order valence-electron chi connectivity index (χ2n) is 5.85. The first-order chi connectivity index (χ1) is 12.0. The van der Waals surface area contributed by atoms with Crippen molar-refractivity contribution in [3.8, 4) is 0 Å². The number of nitrogens with zero attached hydrogens (tertiary/aromatic N) is 1. The predicted octanol–water partition coefficient (Wildman–Crippen LogP) is 5.31. The molecule has 25 heavy (non-hydrogen) atoms. The van der Waals surface area contributed by atoms with Gasteiger partial charge in [0.25, 0.3) is 0 Å². The molecule has 0 unspecified atom stereocenters. The number of hydrogen-bond acceptors (Lipinski definition) is 3. The first-order valence-electron chi connectivity index (χ1n) is 7.80. The van der Waals surface area contributed by atoms with Crippen molar-refractivity contribution in [3.05, 3.63) is 77.3 Å². The van der Waals surface area contributed by atoms with E-state index in [9.17, 15) is 4.79 Å². The molecule has 0 saturated carbocycles. The van der Waals surface area contributed by atoms with Gasteiger partial charge in [0, 0.05) is 15.5 Å². The highest BCUT2D eigenvalue weighted by molar-refractivity contribution is 8.01. The van der Waals surface area contributed by atoms with Crippen LogP contribution in [-0.2, 0) is 9.53 Å². The van der Waals surface area contributed by atoms with E-state index in [-0.39, 0.29) is 5.91 Å². The molecule has 5 heteroatoms. The third-order valence-electron chi connectivity index (χ3n) is 4.03. The zero-order chi connectivity index (χ0) is 17.4.